The molecule has 0 aliphatic heterocycles. The van der Waals surface area contributed by atoms with Gasteiger partial charge in [0.15, 0.2) is 5.78 Å². The van der Waals surface area contributed by atoms with Gasteiger partial charge in [-0.2, -0.15) is 0 Å². The third kappa shape index (κ3) is 3.73. The molecule has 0 radical (unpaired) electrons. The number of H-pyrrole nitrogens is 1. The predicted octanol–water partition coefficient (Wildman–Crippen LogP) is 4.53. The van der Waals surface area contributed by atoms with Crippen LogP contribution in [0, 0.1) is 6.92 Å². The summed E-state index contributed by atoms with van der Waals surface area (Å²) in [6, 6.07) is 13.4. The second-order valence-corrected chi connectivity index (χ2v) is 7.80. The van der Waals surface area contributed by atoms with Gasteiger partial charge in [-0.1, -0.05) is 24.3 Å². The van der Waals surface area contributed by atoms with Crippen LogP contribution >= 0.6 is 11.3 Å². The number of hydrogen-bond acceptors (Lipinski definition) is 5. The van der Waals surface area contributed by atoms with Gasteiger partial charge in [0, 0.05) is 28.5 Å². The van der Waals surface area contributed by atoms with E-state index >= 15 is 0 Å². The molecule has 0 amide bonds. The summed E-state index contributed by atoms with van der Waals surface area (Å²) in [6.45, 7) is 2.22. The number of hydrogen-bond donors (Lipinski definition) is 1. The summed E-state index contributed by atoms with van der Waals surface area (Å²) in [5.74, 6) is 0.528. The molecule has 28 heavy (non-hydrogen) atoms. The topological polar surface area (TPSA) is 68.4 Å². The van der Waals surface area contributed by atoms with E-state index < -0.39 is 5.97 Å². The molecular formula is C22H21NO4S. The van der Waals surface area contributed by atoms with Crippen molar-refractivity contribution >= 4 is 23.1 Å². The molecule has 4 rings (SSSR count). The first-order valence-electron chi connectivity index (χ1n) is 9.26. The van der Waals surface area contributed by atoms with E-state index in [1.807, 2.05) is 41.8 Å². The van der Waals surface area contributed by atoms with Crippen molar-refractivity contribution in [2.24, 2.45) is 0 Å². The maximum atomic E-state index is 12.7. The van der Waals surface area contributed by atoms with Gasteiger partial charge in [0.25, 0.3) is 0 Å². The number of ketones is 1. The van der Waals surface area contributed by atoms with Crippen molar-refractivity contribution in [3.63, 3.8) is 0 Å². The third-order valence-electron chi connectivity index (χ3n) is 4.97. The van der Waals surface area contributed by atoms with E-state index in [-0.39, 0.29) is 24.9 Å². The Morgan fingerprint density at radius 3 is 2.71 bits per heavy atom. The maximum Gasteiger partial charge on any atom is 0.355 e. The van der Waals surface area contributed by atoms with E-state index in [1.165, 1.54) is 4.88 Å². The van der Waals surface area contributed by atoms with Crippen molar-refractivity contribution < 1.29 is 19.1 Å². The Balaban J connectivity index is 1.41. The Hall–Kier alpha value is -2.86. The largest absolute Gasteiger partial charge is 0.490 e. The standard InChI is InChI=1S/C22H21NO4S/c1-14-20-17(12-15(13-18(20)24)19-8-5-11-28-19)23-21(14)22(25)27-10-9-26-16-6-3-2-4-7-16/h2-8,11,15,23H,9-10,12-13H2,1H3/t15-/m0/s1. The van der Waals surface area contributed by atoms with Crippen molar-refractivity contribution in [3.05, 3.63) is 75.2 Å². The molecule has 3 aromatic rings. The number of Topliss-reactive ketones (excluding diaryl/α,β-unsaturated/α-hetero) is 1. The van der Waals surface area contributed by atoms with Gasteiger partial charge < -0.3 is 14.5 Å². The van der Waals surface area contributed by atoms with Gasteiger partial charge >= 0.3 is 5.97 Å². The minimum atomic E-state index is -0.455. The fraction of sp³-hybridized carbons (Fsp3) is 0.273. The van der Waals surface area contributed by atoms with Crippen molar-refractivity contribution in [2.45, 2.75) is 25.7 Å². The Bertz CT molecular complexity index is 976. The molecule has 0 bridgehead atoms. The van der Waals surface area contributed by atoms with Gasteiger partial charge in [-0.25, -0.2) is 4.79 Å². The number of esters is 1. The third-order valence-corrected chi connectivity index (χ3v) is 6.00. The van der Waals surface area contributed by atoms with E-state index in [0.717, 1.165) is 17.9 Å². The molecule has 0 unspecified atom stereocenters. The number of carbonyl (C=O) groups excluding carboxylic acids is 2. The lowest BCUT2D eigenvalue weighted by atomic mass is 9.84. The molecule has 1 aromatic carbocycles. The van der Waals surface area contributed by atoms with Crippen LogP contribution in [0.25, 0.3) is 0 Å². The fourth-order valence-electron chi connectivity index (χ4n) is 3.65. The molecule has 1 aliphatic carbocycles. The molecule has 0 saturated heterocycles. The SMILES string of the molecule is Cc1c(C(=O)OCCOc2ccccc2)[nH]c2c1C(=O)C[C@@H](c1cccs1)C2. The summed E-state index contributed by atoms with van der Waals surface area (Å²) in [6.07, 6.45) is 1.21. The number of benzene rings is 1. The monoisotopic (exact) mass is 395 g/mol. The molecule has 6 heteroatoms. The van der Waals surface area contributed by atoms with Crippen molar-refractivity contribution in [3.8, 4) is 5.75 Å². The van der Waals surface area contributed by atoms with E-state index in [9.17, 15) is 9.59 Å². The Morgan fingerprint density at radius 2 is 1.96 bits per heavy atom. The highest BCUT2D eigenvalue weighted by molar-refractivity contribution is 7.10. The number of thiophene rings is 1. The highest BCUT2D eigenvalue weighted by Gasteiger charge is 2.32. The van der Waals surface area contributed by atoms with Crippen LogP contribution in [0.2, 0.25) is 0 Å². The van der Waals surface area contributed by atoms with Crippen LogP contribution in [0.1, 0.15) is 49.3 Å². The second kappa shape index (κ2) is 8.02. The number of rotatable bonds is 6. The Morgan fingerprint density at radius 1 is 1.14 bits per heavy atom. The highest BCUT2D eigenvalue weighted by atomic mass is 32.1. The Kier molecular flexibility index (Phi) is 5.30. The summed E-state index contributed by atoms with van der Waals surface area (Å²) in [7, 11) is 0. The molecule has 0 spiro atoms. The highest BCUT2D eigenvalue weighted by Crippen LogP contribution is 2.36. The summed E-state index contributed by atoms with van der Waals surface area (Å²) < 4.78 is 10.9. The van der Waals surface area contributed by atoms with Crippen molar-refractivity contribution in [1.82, 2.24) is 4.98 Å². The van der Waals surface area contributed by atoms with Gasteiger partial charge in [-0.15, -0.1) is 11.3 Å². The molecule has 1 aliphatic rings. The summed E-state index contributed by atoms with van der Waals surface area (Å²) in [4.78, 5) is 29.5. The zero-order chi connectivity index (χ0) is 19.5. The van der Waals surface area contributed by atoms with Crippen LogP contribution in [-0.2, 0) is 11.2 Å². The lowest BCUT2D eigenvalue weighted by Gasteiger charge is -2.20. The molecule has 144 valence electrons. The van der Waals surface area contributed by atoms with Crippen LogP contribution < -0.4 is 4.74 Å². The molecule has 5 nitrogen and oxygen atoms in total. The number of ether oxygens (including phenoxy) is 2. The predicted molar refractivity (Wildman–Crippen MR) is 107 cm³/mol. The number of nitrogens with one attached hydrogen (secondary N) is 1. The summed E-state index contributed by atoms with van der Waals surface area (Å²) >= 11 is 1.66. The second-order valence-electron chi connectivity index (χ2n) is 6.82. The van der Waals surface area contributed by atoms with Crippen LogP contribution in [0.3, 0.4) is 0 Å². The number of aromatic amines is 1. The van der Waals surface area contributed by atoms with Gasteiger partial charge in [0.05, 0.1) is 0 Å². The molecule has 0 fully saturated rings. The fourth-order valence-corrected chi connectivity index (χ4v) is 4.48. The van der Waals surface area contributed by atoms with Crippen LogP contribution in [0.5, 0.6) is 5.75 Å². The molecule has 1 N–H and O–H groups in total. The summed E-state index contributed by atoms with van der Waals surface area (Å²) in [5, 5.41) is 2.02. The lowest BCUT2D eigenvalue weighted by Crippen LogP contribution is -2.17. The van der Waals surface area contributed by atoms with Crippen molar-refractivity contribution in [2.75, 3.05) is 13.2 Å². The van der Waals surface area contributed by atoms with E-state index in [4.69, 9.17) is 9.47 Å². The van der Waals surface area contributed by atoms with Crippen molar-refractivity contribution in [1.29, 1.82) is 0 Å². The first-order valence-corrected chi connectivity index (χ1v) is 10.1. The van der Waals surface area contributed by atoms with Gasteiger partial charge in [-0.05, 0) is 42.5 Å². The zero-order valence-corrected chi connectivity index (χ0v) is 16.4. The molecule has 1 atom stereocenters. The van der Waals surface area contributed by atoms with E-state index in [1.54, 1.807) is 18.3 Å². The van der Waals surface area contributed by atoms with E-state index in [0.29, 0.717) is 23.2 Å². The molecular weight excluding hydrogens is 374 g/mol. The number of aromatic nitrogens is 1. The quantitative estimate of drug-likeness (QED) is 0.492. The Labute approximate surface area is 167 Å². The average Bonchev–Trinajstić information content (AvgIpc) is 3.34. The molecule has 2 aromatic heterocycles. The zero-order valence-electron chi connectivity index (χ0n) is 15.6. The first kappa shape index (κ1) is 18.5. The normalized spacial score (nSPS) is 15.9. The van der Waals surface area contributed by atoms with Crippen LogP contribution in [-0.4, -0.2) is 30.0 Å². The average molecular weight is 395 g/mol. The van der Waals surface area contributed by atoms with Gasteiger partial charge in [0.2, 0.25) is 0 Å². The molecule has 2 heterocycles. The maximum absolute atomic E-state index is 12.7. The lowest BCUT2D eigenvalue weighted by molar-refractivity contribution is 0.0443. The van der Waals surface area contributed by atoms with E-state index in [2.05, 4.69) is 11.1 Å². The minimum Gasteiger partial charge on any atom is -0.490 e. The number of fused-ring (bicyclic) bond motifs is 1. The first-order chi connectivity index (χ1) is 13.6. The van der Waals surface area contributed by atoms with Crippen LogP contribution in [0.4, 0.5) is 0 Å². The van der Waals surface area contributed by atoms with Gasteiger partial charge in [-0.3, -0.25) is 4.79 Å². The molecule has 0 saturated carbocycles. The van der Waals surface area contributed by atoms with Crippen LogP contribution in [0.15, 0.2) is 47.8 Å². The number of para-hydroxylation sites is 1. The van der Waals surface area contributed by atoms with Gasteiger partial charge in [0.1, 0.15) is 24.7 Å². The smallest absolute Gasteiger partial charge is 0.355 e. The number of carbonyl (C=O) groups is 2. The summed E-state index contributed by atoms with van der Waals surface area (Å²) in [5.41, 5.74) is 2.53. The minimum absolute atomic E-state index is 0.0832.